The number of para-hydroxylation sites is 1. The fourth-order valence-corrected chi connectivity index (χ4v) is 4.03. The zero-order valence-electron chi connectivity index (χ0n) is 17.8. The van der Waals surface area contributed by atoms with E-state index >= 15 is 0 Å². The number of hydrogen-bond acceptors (Lipinski definition) is 5. The molecule has 1 atom stereocenters. The summed E-state index contributed by atoms with van der Waals surface area (Å²) >= 11 is 5.97. The SMILES string of the molecule is CC(C)(C)OC(=O)N1CCC(c2cccc3c2OC(C)(c2ccc(Cl)cn2)O3)CC1. The van der Waals surface area contributed by atoms with Gasteiger partial charge in [0.05, 0.1) is 5.02 Å². The van der Waals surface area contributed by atoms with Crippen LogP contribution >= 0.6 is 11.6 Å². The molecule has 0 saturated carbocycles. The van der Waals surface area contributed by atoms with Gasteiger partial charge < -0.3 is 19.1 Å². The monoisotopic (exact) mass is 430 g/mol. The van der Waals surface area contributed by atoms with Crippen LogP contribution in [-0.4, -0.2) is 34.7 Å². The molecule has 2 aromatic rings. The summed E-state index contributed by atoms with van der Waals surface area (Å²) in [6.07, 6.45) is 3.02. The molecule has 30 heavy (non-hydrogen) atoms. The molecule has 1 amide bonds. The molecule has 6 nitrogen and oxygen atoms in total. The van der Waals surface area contributed by atoms with Crippen LogP contribution in [0.3, 0.4) is 0 Å². The number of aromatic nitrogens is 1. The molecule has 0 bridgehead atoms. The average Bonchev–Trinajstić information content (AvgIpc) is 3.04. The molecule has 0 radical (unpaired) electrons. The highest BCUT2D eigenvalue weighted by atomic mass is 35.5. The molecule has 7 heteroatoms. The third kappa shape index (κ3) is 4.19. The van der Waals surface area contributed by atoms with Crippen LogP contribution < -0.4 is 9.47 Å². The second kappa shape index (κ2) is 7.65. The van der Waals surface area contributed by atoms with E-state index in [1.165, 1.54) is 0 Å². The highest BCUT2D eigenvalue weighted by Crippen LogP contribution is 2.49. The Labute approximate surface area is 182 Å². The third-order valence-electron chi connectivity index (χ3n) is 5.39. The quantitative estimate of drug-likeness (QED) is 0.630. The Morgan fingerprint density at radius 2 is 1.93 bits per heavy atom. The molecule has 0 aliphatic carbocycles. The summed E-state index contributed by atoms with van der Waals surface area (Å²) in [6, 6.07) is 9.57. The number of nitrogens with zero attached hydrogens (tertiary/aromatic N) is 2. The van der Waals surface area contributed by atoms with E-state index in [2.05, 4.69) is 11.1 Å². The Balaban J connectivity index is 1.48. The van der Waals surface area contributed by atoms with Gasteiger partial charge in [-0.25, -0.2) is 4.79 Å². The first-order chi connectivity index (χ1) is 14.1. The fourth-order valence-electron chi connectivity index (χ4n) is 3.92. The van der Waals surface area contributed by atoms with Gasteiger partial charge in [-0.2, -0.15) is 0 Å². The molecule has 3 heterocycles. The number of rotatable bonds is 2. The van der Waals surface area contributed by atoms with E-state index in [1.54, 1.807) is 17.2 Å². The highest BCUT2D eigenvalue weighted by molar-refractivity contribution is 6.30. The maximum absolute atomic E-state index is 12.4. The van der Waals surface area contributed by atoms with Crippen molar-refractivity contribution in [2.75, 3.05) is 13.1 Å². The molecule has 4 rings (SSSR count). The molecule has 1 fully saturated rings. The highest BCUT2D eigenvalue weighted by Gasteiger charge is 2.42. The number of pyridine rings is 1. The maximum atomic E-state index is 12.4. The first-order valence-electron chi connectivity index (χ1n) is 10.3. The summed E-state index contributed by atoms with van der Waals surface area (Å²) in [5, 5.41) is 0.565. The smallest absolute Gasteiger partial charge is 0.410 e. The Morgan fingerprint density at radius 1 is 1.20 bits per heavy atom. The number of piperidine rings is 1. The molecule has 0 spiro atoms. The van der Waals surface area contributed by atoms with Gasteiger partial charge in [0.1, 0.15) is 11.3 Å². The van der Waals surface area contributed by atoms with Crippen LogP contribution in [0.1, 0.15) is 57.7 Å². The number of fused-ring (bicyclic) bond motifs is 1. The first kappa shape index (κ1) is 20.8. The first-order valence-corrected chi connectivity index (χ1v) is 10.6. The molecule has 1 saturated heterocycles. The number of benzene rings is 1. The lowest BCUT2D eigenvalue weighted by Crippen LogP contribution is -2.41. The summed E-state index contributed by atoms with van der Waals surface area (Å²) in [4.78, 5) is 18.5. The van der Waals surface area contributed by atoms with E-state index in [0.717, 1.165) is 24.2 Å². The van der Waals surface area contributed by atoms with Crippen molar-refractivity contribution in [1.82, 2.24) is 9.88 Å². The third-order valence-corrected chi connectivity index (χ3v) is 5.61. The Kier molecular flexibility index (Phi) is 5.30. The summed E-state index contributed by atoms with van der Waals surface area (Å²) in [7, 11) is 0. The maximum Gasteiger partial charge on any atom is 0.410 e. The van der Waals surface area contributed by atoms with Crippen molar-refractivity contribution in [3.63, 3.8) is 0 Å². The van der Waals surface area contributed by atoms with Crippen LogP contribution in [-0.2, 0) is 10.5 Å². The van der Waals surface area contributed by atoms with E-state index in [0.29, 0.717) is 29.6 Å². The van der Waals surface area contributed by atoms with E-state index in [4.69, 9.17) is 25.8 Å². The van der Waals surface area contributed by atoms with Crippen molar-refractivity contribution in [3.8, 4) is 11.5 Å². The predicted octanol–water partition coefficient (Wildman–Crippen LogP) is 5.49. The summed E-state index contributed by atoms with van der Waals surface area (Å²) in [5.41, 5.74) is 1.28. The van der Waals surface area contributed by atoms with E-state index in [-0.39, 0.29) is 12.0 Å². The van der Waals surface area contributed by atoms with Crippen LogP contribution in [0.15, 0.2) is 36.5 Å². The van der Waals surface area contributed by atoms with Gasteiger partial charge in [-0.15, -0.1) is 0 Å². The van der Waals surface area contributed by atoms with Gasteiger partial charge in [-0.1, -0.05) is 23.7 Å². The van der Waals surface area contributed by atoms with Gasteiger partial charge >= 0.3 is 6.09 Å². The molecule has 2 aliphatic heterocycles. The lowest BCUT2D eigenvalue weighted by molar-refractivity contribution is -0.0722. The van der Waals surface area contributed by atoms with Gasteiger partial charge in [-0.05, 0) is 57.7 Å². The Bertz CT molecular complexity index is 933. The van der Waals surface area contributed by atoms with Crippen LogP contribution in [0.5, 0.6) is 11.5 Å². The van der Waals surface area contributed by atoms with Crippen LogP contribution in [0.2, 0.25) is 5.02 Å². The molecular formula is C23H27ClN2O4. The van der Waals surface area contributed by atoms with Crippen molar-refractivity contribution in [1.29, 1.82) is 0 Å². The van der Waals surface area contributed by atoms with Gasteiger partial charge in [0, 0.05) is 31.8 Å². The largest absolute Gasteiger partial charge is 0.444 e. The Morgan fingerprint density at radius 3 is 2.57 bits per heavy atom. The predicted molar refractivity (Wildman–Crippen MR) is 114 cm³/mol. The minimum absolute atomic E-state index is 0.250. The van der Waals surface area contributed by atoms with Crippen LogP contribution in [0.4, 0.5) is 4.79 Å². The summed E-state index contributed by atoms with van der Waals surface area (Å²) in [5.74, 6) is 0.747. The van der Waals surface area contributed by atoms with Gasteiger partial charge in [0.2, 0.25) is 0 Å². The zero-order valence-corrected chi connectivity index (χ0v) is 18.5. The number of ether oxygens (including phenoxy) is 3. The summed E-state index contributed by atoms with van der Waals surface area (Å²) in [6.45, 7) is 8.82. The normalized spacial score (nSPS) is 21.6. The van der Waals surface area contributed by atoms with E-state index < -0.39 is 11.4 Å². The van der Waals surface area contributed by atoms with E-state index in [9.17, 15) is 4.79 Å². The van der Waals surface area contributed by atoms with Crippen LogP contribution in [0.25, 0.3) is 0 Å². The van der Waals surface area contributed by atoms with Crippen molar-refractivity contribution >= 4 is 17.7 Å². The van der Waals surface area contributed by atoms with Crippen molar-refractivity contribution in [2.24, 2.45) is 0 Å². The standard InChI is InChI=1S/C23H27ClN2O4/c1-22(2,3)30-21(27)26-12-10-15(11-13-26)17-6-5-7-18-20(17)29-23(4,28-18)19-9-8-16(24)14-25-19/h5-9,14-15H,10-13H2,1-4H3. The lowest BCUT2D eigenvalue weighted by atomic mass is 9.89. The topological polar surface area (TPSA) is 60.9 Å². The molecule has 2 aliphatic rings. The molecule has 1 unspecified atom stereocenters. The minimum atomic E-state index is -1.000. The molecule has 0 N–H and O–H groups in total. The molecule has 1 aromatic carbocycles. The number of hydrogen-bond donors (Lipinski definition) is 0. The van der Waals surface area contributed by atoms with Crippen LogP contribution in [0, 0.1) is 0 Å². The second-order valence-electron chi connectivity index (χ2n) is 8.93. The molecule has 160 valence electrons. The lowest BCUT2D eigenvalue weighted by Gasteiger charge is -2.34. The van der Waals surface area contributed by atoms with Gasteiger partial charge in [-0.3, -0.25) is 4.98 Å². The summed E-state index contributed by atoms with van der Waals surface area (Å²) < 4.78 is 18.0. The number of amides is 1. The van der Waals surface area contributed by atoms with Gasteiger partial charge in [0.15, 0.2) is 11.5 Å². The molecular weight excluding hydrogens is 404 g/mol. The fraction of sp³-hybridized carbons (Fsp3) is 0.478. The average molecular weight is 431 g/mol. The van der Waals surface area contributed by atoms with Crippen molar-refractivity contribution < 1.29 is 19.0 Å². The second-order valence-corrected chi connectivity index (χ2v) is 9.36. The van der Waals surface area contributed by atoms with Gasteiger partial charge in [0.25, 0.3) is 5.79 Å². The number of likely N-dealkylation sites (tertiary alicyclic amines) is 1. The van der Waals surface area contributed by atoms with Crippen molar-refractivity contribution in [2.45, 2.75) is 57.8 Å². The number of carbonyl (C=O) groups is 1. The Hall–Kier alpha value is -2.47. The van der Waals surface area contributed by atoms with Crippen molar-refractivity contribution in [3.05, 3.63) is 52.8 Å². The minimum Gasteiger partial charge on any atom is -0.444 e. The zero-order chi connectivity index (χ0) is 21.5. The number of carbonyl (C=O) groups excluding carboxylic acids is 1. The number of halogens is 1. The van der Waals surface area contributed by atoms with E-state index in [1.807, 2.05) is 45.9 Å². The molecule has 1 aromatic heterocycles.